The van der Waals surface area contributed by atoms with E-state index < -0.39 is 63.1 Å². The number of halogens is 3. The normalized spacial score (nSPS) is 36.2. The largest absolute Gasteiger partial charge is 0.507 e. The van der Waals surface area contributed by atoms with E-state index in [9.17, 15) is 29.1 Å². The number of carbonyl (C=O) groups is 5. The molecule has 4 aliphatic rings. The number of amides is 6. The molecule has 3 fully saturated rings. The highest BCUT2D eigenvalue weighted by Gasteiger charge is 2.76. The highest BCUT2D eigenvalue weighted by atomic mass is 79.9. The van der Waals surface area contributed by atoms with Gasteiger partial charge in [-0.05, 0) is 31.2 Å². The highest BCUT2D eigenvalue weighted by molar-refractivity contribution is 9.09. The van der Waals surface area contributed by atoms with Crippen LogP contribution in [-0.2, 0) is 19.2 Å². The molecule has 2 aliphatic carbocycles. The molecule has 1 saturated carbocycles. The summed E-state index contributed by atoms with van der Waals surface area (Å²) in [5, 5.41) is 11.0. The first-order chi connectivity index (χ1) is 16.4. The Balaban J connectivity index is 1.76. The number of rotatable bonds is 2. The van der Waals surface area contributed by atoms with Crippen molar-refractivity contribution in [3.05, 3.63) is 41.0 Å². The lowest BCUT2D eigenvalue weighted by Gasteiger charge is -2.50. The fraction of sp³-hybridized carbons (Fsp3) is 0.435. The molecule has 12 heteroatoms. The molecular weight excluding hydrogens is 565 g/mol. The van der Waals surface area contributed by atoms with Gasteiger partial charge < -0.3 is 10.8 Å². The molecule has 9 nitrogen and oxygen atoms in total. The second kappa shape index (κ2) is 7.78. The lowest BCUT2D eigenvalue weighted by atomic mass is 9.56. The Morgan fingerprint density at radius 2 is 1.86 bits per heavy atom. The predicted molar refractivity (Wildman–Crippen MR) is 128 cm³/mol. The first-order valence-corrected chi connectivity index (χ1v) is 12.7. The summed E-state index contributed by atoms with van der Waals surface area (Å²) < 4.78 is 0. The maximum Gasteiger partial charge on any atom is 0.328 e. The van der Waals surface area contributed by atoms with Crippen molar-refractivity contribution in [3.8, 4) is 5.75 Å². The number of nitrogens with two attached hydrogens (primary N) is 1. The lowest BCUT2D eigenvalue weighted by Crippen LogP contribution is -2.60. The molecule has 5 rings (SSSR count). The number of likely N-dealkylation sites (tertiary alicyclic amines) is 2. The van der Waals surface area contributed by atoms with Crippen LogP contribution < -0.4 is 5.73 Å². The van der Waals surface area contributed by atoms with Crippen molar-refractivity contribution in [3.63, 3.8) is 0 Å². The third-order valence-electron chi connectivity index (χ3n) is 7.82. The molecule has 0 aromatic heterocycles. The van der Waals surface area contributed by atoms with Gasteiger partial charge in [0.15, 0.2) is 9.75 Å². The summed E-state index contributed by atoms with van der Waals surface area (Å²) >= 11 is 17.2. The molecule has 1 aromatic rings. The van der Waals surface area contributed by atoms with Crippen LogP contribution in [0.1, 0.15) is 29.9 Å². The summed E-state index contributed by atoms with van der Waals surface area (Å²) in [7, 11) is 0. The van der Waals surface area contributed by atoms with Crippen molar-refractivity contribution in [1.29, 1.82) is 0 Å². The van der Waals surface area contributed by atoms with Crippen LogP contribution in [0.5, 0.6) is 5.75 Å². The summed E-state index contributed by atoms with van der Waals surface area (Å²) in [4.78, 5) is 62.4. The van der Waals surface area contributed by atoms with Crippen molar-refractivity contribution in [2.75, 3.05) is 5.45 Å². The van der Waals surface area contributed by atoms with E-state index in [2.05, 4.69) is 15.9 Å². The van der Waals surface area contributed by atoms with Crippen molar-refractivity contribution >= 4 is 68.8 Å². The molecule has 35 heavy (non-hydrogen) atoms. The molecule has 6 atom stereocenters. The van der Waals surface area contributed by atoms with Gasteiger partial charge in [-0.3, -0.25) is 24.1 Å². The Bertz CT molecular complexity index is 1270. The van der Waals surface area contributed by atoms with Gasteiger partial charge in [0, 0.05) is 11.5 Å². The molecular formula is C23H20BrCl2N3O6. The van der Waals surface area contributed by atoms with Gasteiger partial charge in [0.25, 0.3) is 11.8 Å². The first kappa shape index (κ1) is 24.3. The molecule has 2 aliphatic heterocycles. The summed E-state index contributed by atoms with van der Waals surface area (Å²) in [6, 6.07) is 3.77. The van der Waals surface area contributed by atoms with Gasteiger partial charge in [-0.1, -0.05) is 45.8 Å². The van der Waals surface area contributed by atoms with E-state index in [1.807, 2.05) is 0 Å². The Kier molecular flexibility index (Phi) is 5.40. The minimum atomic E-state index is -2.01. The molecule has 2 saturated heterocycles. The molecule has 3 N–H and O–H groups in total. The Labute approximate surface area is 218 Å². The Hall–Kier alpha value is -2.43. The van der Waals surface area contributed by atoms with Gasteiger partial charge in [0.2, 0.25) is 11.8 Å². The number of primary amides is 1. The topological polar surface area (TPSA) is 138 Å². The van der Waals surface area contributed by atoms with E-state index in [-0.39, 0.29) is 29.6 Å². The number of phenolic OH excluding ortho intramolecular Hbond substituents is 1. The average molecular weight is 585 g/mol. The highest BCUT2D eigenvalue weighted by Crippen LogP contribution is 2.66. The van der Waals surface area contributed by atoms with Gasteiger partial charge in [0.1, 0.15) is 5.75 Å². The monoisotopic (exact) mass is 583 g/mol. The smallest absolute Gasteiger partial charge is 0.328 e. The number of phenols is 1. The number of imide groups is 4. The molecule has 6 amide bonds. The van der Waals surface area contributed by atoms with Crippen molar-refractivity contribution in [2.45, 2.75) is 35.4 Å². The zero-order valence-corrected chi connectivity index (χ0v) is 21.4. The number of hydrogen-bond donors (Lipinski definition) is 2. The van der Waals surface area contributed by atoms with Crippen LogP contribution in [0.2, 0.25) is 0 Å². The van der Waals surface area contributed by atoms with E-state index in [1.54, 1.807) is 31.2 Å². The number of allylic oxidation sites excluding steroid dienone is 2. The fourth-order valence-corrected chi connectivity index (χ4v) is 7.65. The van der Waals surface area contributed by atoms with Crippen molar-refractivity contribution < 1.29 is 29.1 Å². The molecule has 0 bridgehead atoms. The Morgan fingerprint density at radius 1 is 1.17 bits per heavy atom. The van der Waals surface area contributed by atoms with E-state index >= 15 is 0 Å². The average Bonchev–Trinajstić information content (AvgIpc) is 3.14. The van der Waals surface area contributed by atoms with E-state index in [4.69, 9.17) is 28.9 Å². The molecule has 2 heterocycles. The minimum Gasteiger partial charge on any atom is -0.507 e. The number of carbonyl (C=O) groups excluding carboxylic acids is 5. The van der Waals surface area contributed by atoms with Gasteiger partial charge in [0.05, 0.1) is 17.3 Å². The zero-order valence-electron chi connectivity index (χ0n) is 18.3. The van der Waals surface area contributed by atoms with E-state index in [1.165, 1.54) is 0 Å². The van der Waals surface area contributed by atoms with Gasteiger partial charge in [-0.2, -0.15) is 4.90 Å². The van der Waals surface area contributed by atoms with Gasteiger partial charge in [-0.25, -0.2) is 4.79 Å². The second-order valence-electron chi connectivity index (χ2n) is 9.35. The minimum absolute atomic E-state index is 0.0977. The standard InChI is InChI=1S/C23H20BrCl2N3O6/c1-9-3-2-4-12(16(9)30)15-10-5-6-11-14(18(32)29(17(11)31)21(27)35)13(10)7-22(25)19(33)28(8-24)20(34)23(15,22)26/h2-5,11,13-15,30H,6-8H2,1H3,(H2,27,35). The molecule has 1 aromatic carbocycles. The predicted octanol–water partition coefficient (Wildman–Crippen LogP) is 2.49. The molecule has 6 unspecified atom stereocenters. The summed E-state index contributed by atoms with van der Waals surface area (Å²) in [6.07, 6.45) is 1.59. The first-order valence-electron chi connectivity index (χ1n) is 10.9. The third-order valence-corrected chi connectivity index (χ3v) is 9.73. The van der Waals surface area contributed by atoms with Gasteiger partial charge in [-0.15, -0.1) is 23.2 Å². The van der Waals surface area contributed by atoms with Crippen molar-refractivity contribution in [1.82, 2.24) is 9.80 Å². The number of nitrogens with zero attached hydrogens (tertiary/aromatic N) is 2. The second-order valence-corrected chi connectivity index (χ2v) is 11.1. The Morgan fingerprint density at radius 3 is 2.49 bits per heavy atom. The van der Waals surface area contributed by atoms with Crippen LogP contribution in [0.25, 0.3) is 0 Å². The molecule has 184 valence electrons. The number of alkyl halides is 3. The summed E-state index contributed by atoms with van der Waals surface area (Å²) in [6.45, 7) is 1.68. The zero-order chi connectivity index (χ0) is 25.6. The number of aromatic hydroxyl groups is 1. The summed E-state index contributed by atoms with van der Waals surface area (Å²) in [5.41, 5.74) is 6.46. The number of urea groups is 1. The summed E-state index contributed by atoms with van der Waals surface area (Å²) in [5.74, 6) is -6.81. The molecule has 0 radical (unpaired) electrons. The van der Waals surface area contributed by atoms with E-state index in [0.717, 1.165) is 4.90 Å². The van der Waals surface area contributed by atoms with Gasteiger partial charge >= 0.3 is 6.03 Å². The maximum atomic E-state index is 13.6. The van der Waals surface area contributed by atoms with Crippen LogP contribution in [0, 0.1) is 24.7 Å². The number of fused-ring (bicyclic) bond motifs is 4. The van der Waals surface area contributed by atoms with Crippen LogP contribution in [0.3, 0.4) is 0 Å². The number of para-hydroxylation sites is 1. The SMILES string of the molecule is Cc1cccc(C2C3=CCC4C(=O)N(C(N)=O)C(=O)C4C3CC3(Cl)C(=O)N(CBr)C(=O)C23Cl)c1O. The number of benzene rings is 1. The van der Waals surface area contributed by atoms with Crippen LogP contribution in [-0.4, -0.2) is 59.8 Å². The number of hydrogen-bond acceptors (Lipinski definition) is 6. The van der Waals surface area contributed by atoms with Crippen LogP contribution >= 0.6 is 39.1 Å². The quantitative estimate of drug-likeness (QED) is 0.237. The van der Waals surface area contributed by atoms with Crippen LogP contribution in [0.15, 0.2) is 29.8 Å². The van der Waals surface area contributed by atoms with Crippen molar-refractivity contribution in [2.24, 2.45) is 23.5 Å². The molecule has 0 spiro atoms. The fourth-order valence-electron chi connectivity index (χ4n) is 6.23. The van der Waals surface area contributed by atoms with E-state index in [0.29, 0.717) is 16.0 Å². The lowest BCUT2D eigenvalue weighted by molar-refractivity contribution is -0.139. The third kappa shape index (κ3) is 2.84. The van der Waals surface area contributed by atoms with Crippen LogP contribution in [0.4, 0.5) is 4.79 Å². The number of aryl methyl sites for hydroxylation is 1. The maximum absolute atomic E-state index is 13.6.